The number of hydrogen-bond donors (Lipinski definition) is 0. The molecule has 5 heteroatoms. The second kappa shape index (κ2) is 5.15. The van der Waals surface area contributed by atoms with Crippen molar-refractivity contribution < 1.29 is 14.1 Å². The minimum absolute atomic E-state index is 0.0383. The van der Waals surface area contributed by atoms with E-state index in [1.807, 2.05) is 0 Å². The van der Waals surface area contributed by atoms with Crippen LogP contribution in [-0.2, 0) is 4.74 Å². The van der Waals surface area contributed by atoms with Crippen molar-refractivity contribution in [3.05, 3.63) is 35.7 Å². The van der Waals surface area contributed by atoms with Gasteiger partial charge >= 0.3 is 5.97 Å². The lowest BCUT2D eigenvalue weighted by molar-refractivity contribution is 0.0557. The van der Waals surface area contributed by atoms with E-state index in [2.05, 4.69) is 16.1 Å². The van der Waals surface area contributed by atoms with Crippen LogP contribution >= 0.6 is 0 Å². The Bertz CT molecular complexity index is 593. The molecule has 0 N–H and O–H groups in total. The number of carbonyl (C=O) groups is 1. The number of hydrogen-bond acceptors (Lipinski definition) is 5. The van der Waals surface area contributed by atoms with E-state index < -0.39 is 5.97 Å². The number of ether oxygens (including phenoxy) is 1. The van der Waals surface area contributed by atoms with Gasteiger partial charge in [0.25, 0.3) is 5.89 Å². The summed E-state index contributed by atoms with van der Waals surface area (Å²) >= 11 is 0. The summed E-state index contributed by atoms with van der Waals surface area (Å²) in [6.07, 6.45) is 5.00. The van der Waals surface area contributed by atoms with Crippen LogP contribution in [0.4, 0.5) is 0 Å². The molecule has 0 radical (unpaired) electrons. The predicted octanol–water partition coefficient (Wildman–Crippen LogP) is 1.84. The van der Waals surface area contributed by atoms with Crippen LogP contribution in [0, 0.1) is 19.3 Å². The third-order valence-electron chi connectivity index (χ3n) is 2.18. The summed E-state index contributed by atoms with van der Waals surface area (Å²) < 4.78 is 9.81. The van der Waals surface area contributed by atoms with Crippen LogP contribution in [0.15, 0.2) is 28.8 Å². The third kappa shape index (κ3) is 2.55. The second-order valence-electron chi connectivity index (χ2n) is 3.50. The molecule has 18 heavy (non-hydrogen) atoms. The van der Waals surface area contributed by atoms with Crippen LogP contribution in [0.1, 0.15) is 16.2 Å². The lowest BCUT2D eigenvalue weighted by Crippen LogP contribution is -2.04. The number of aryl methyl sites for hydroxylation is 1. The highest BCUT2D eigenvalue weighted by Crippen LogP contribution is 2.17. The van der Waals surface area contributed by atoms with Crippen molar-refractivity contribution in [2.75, 3.05) is 6.61 Å². The van der Waals surface area contributed by atoms with Crippen LogP contribution in [0.5, 0.6) is 0 Å². The van der Waals surface area contributed by atoms with Crippen molar-refractivity contribution in [2.24, 2.45) is 0 Å². The fourth-order valence-electron chi connectivity index (χ4n) is 1.35. The Kier molecular flexibility index (Phi) is 3.39. The van der Waals surface area contributed by atoms with Crippen LogP contribution in [0.3, 0.4) is 0 Å². The molecule has 0 spiro atoms. The van der Waals surface area contributed by atoms with Crippen LogP contribution < -0.4 is 0 Å². The van der Waals surface area contributed by atoms with Gasteiger partial charge in [0.15, 0.2) is 12.4 Å². The second-order valence-corrected chi connectivity index (χ2v) is 3.50. The lowest BCUT2D eigenvalue weighted by atomic mass is 10.1. The summed E-state index contributed by atoms with van der Waals surface area (Å²) in [7, 11) is 0. The number of benzene rings is 1. The summed E-state index contributed by atoms with van der Waals surface area (Å²) in [4.78, 5) is 15.6. The van der Waals surface area contributed by atoms with E-state index in [-0.39, 0.29) is 6.61 Å². The van der Waals surface area contributed by atoms with Crippen molar-refractivity contribution in [2.45, 2.75) is 6.92 Å². The first-order valence-electron chi connectivity index (χ1n) is 5.22. The number of aromatic nitrogens is 2. The highest BCUT2D eigenvalue weighted by atomic mass is 16.5. The molecule has 0 saturated carbocycles. The molecule has 0 saturated heterocycles. The van der Waals surface area contributed by atoms with E-state index in [1.165, 1.54) is 0 Å². The van der Waals surface area contributed by atoms with Gasteiger partial charge < -0.3 is 9.26 Å². The molecule has 1 aromatic carbocycles. The van der Waals surface area contributed by atoms with E-state index in [4.69, 9.17) is 15.7 Å². The molecule has 0 atom stereocenters. The zero-order valence-electron chi connectivity index (χ0n) is 9.71. The Morgan fingerprint density at radius 2 is 2.17 bits per heavy atom. The molecular weight excluding hydrogens is 232 g/mol. The number of carbonyl (C=O) groups excluding carboxylic acids is 1. The zero-order chi connectivity index (χ0) is 13.0. The van der Waals surface area contributed by atoms with Crippen molar-refractivity contribution >= 4 is 5.97 Å². The Balaban J connectivity index is 2.15. The van der Waals surface area contributed by atoms with Gasteiger partial charge in [0, 0.05) is 5.56 Å². The van der Waals surface area contributed by atoms with Gasteiger partial charge in [0.2, 0.25) is 0 Å². The minimum Gasteiger partial charge on any atom is -0.449 e. The molecule has 1 heterocycles. The van der Waals surface area contributed by atoms with E-state index >= 15 is 0 Å². The zero-order valence-corrected chi connectivity index (χ0v) is 9.71. The third-order valence-corrected chi connectivity index (χ3v) is 2.18. The van der Waals surface area contributed by atoms with E-state index in [0.29, 0.717) is 17.3 Å². The number of esters is 1. The number of nitrogens with zero attached hydrogens (tertiary/aromatic N) is 2. The molecule has 0 fully saturated rings. The fourth-order valence-corrected chi connectivity index (χ4v) is 1.35. The molecule has 5 nitrogen and oxygen atoms in total. The van der Waals surface area contributed by atoms with Crippen molar-refractivity contribution in [1.29, 1.82) is 0 Å². The van der Waals surface area contributed by atoms with E-state index in [1.54, 1.807) is 31.2 Å². The summed E-state index contributed by atoms with van der Waals surface area (Å²) in [5.41, 5.74) is 1.16. The van der Waals surface area contributed by atoms with Crippen molar-refractivity contribution in [3.63, 3.8) is 0 Å². The maximum Gasteiger partial charge on any atom is 0.339 e. The van der Waals surface area contributed by atoms with Gasteiger partial charge in [0.1, 0.15) is 0 Å². The highest BCUT2D eigenvalue weighted by Gasteiger charge is 2.09. The molecule has 90 valence electrons. The van der Waals surface area contributed by atoms with Gasteiger partial charge in [-0.05, 0) is 31.2 Å². The summed E-state index contributed by atoms with van der Waals surface area (Å²) in [6.45, 7) is 1.70. The Morgan fingerprint density at radius 3 is 2.72 bits per heavy atom. The smallest absolute Gasteiger partial charge is 0.339 e. The maximum absolute atomic E-state index is 11.5. The van der Waals surface area contributed by atoms with Gasteiger partial charge in [-0.15, -0.1) is 6.42 Å². The number of rotatable bonds is 3. The van der Waals surface area contributed by atoms with Gasteiger partial charge in [-0.1, -0.05) is 11.1 Å². The molecule has 0 aliphatic carbocycles. The van der Waals surface area contributed by atoms with Gasteiger partial charge in [-0.3, -0.25) is 0 Å². The lowest BCUT2D eigenvalue weighted by Gasteiger charge is -2.01. The minimum atomic E-state index is -0.457. The fraction of sp³-hybridized carbons (Fsp3) is 0.154. The molecule has 1 aromatic heterocycles. The van der Waals surface area contributed by atoms with Crippen LogP contribution in [-0.4, -0.2) is 22.7 Å². The molecule has 0 bridgehead atoms. The molecule has 0 aliphatic heterocycles. The average Bonchev–Trinajstić information content (AvgIpc) is 2.83. The number of terminal acetylenes is 1. The maximum atomic E-state index is 11.5. The Morgan fingerprint density at radius 1 is 1.44 bits per heavy atom. The Labute approximate surface area is 104 Å². The SMILES string of the molecule is C#CCOC(=O)c1ccc(-c2nc(C)no2)cc1. The summed E-state index contributed by atoms with van der Waals surface area (Å²) in [5.74, 6) is 2.75. The molecule has 2 aromatic rings. The topological polar surface area (TPSA) is 65.2 Å². The van der Waals surface area contributed by atoms with Crippen LogP contribution in [0.2, 0.25) is 0 Å². The standard InChI is InChI=1S/C13H10N2O3/c1-3-8-17-13(16)11-6-4-10(5-7-11)12-14-9(2)15-18-12/h1,4-7H,8H2,2H3. The normalized spacial score (nSPS) is 9.78. The van der Waals surface area contributed by atoms with E-state index in [0.717, 1.165) is 5.56 Å². The van der Waals surface area contributed by atoms with Gasteiger partial charge in [0.05, 0.1) is 5.56 Å². The average molecular weight is 242 g/mol. The molecular formula is C13H10N2O3. The van der Waals surface area contributed by atoms with E-state index in [9.17, 15) is 4.79 Å². The predicted molar refractivity (Wildman–Crippen MR) is 63.6 cm³/mol. The molecule has 0 aliphatic rings. The first kappa shape index (κ1) is 11.9. The van der Waals surface area contributed by atoms with Crippen molar-refractivity contribution in [3.8, 4) is 23.8 Å². The first-order valence-corrected chi connectivity index (χ1v) is 5.22. The molecule has 2 rings (SSSR count). The monoisotopic (exact) mass is 242 g/mol. The molecule has 0 unspecified atom stereocenters. The van der Waals surface area contributed by atoms with Gasteiger partial charge in [-0.25, -0.2) is 4.79 Å². The Hall–Kier alpha value is -2.61. The van der Waals surface area contributed by atoms with Crippen molar-refractivity contribution in [1.82, 2.24) is 10.1 Å². The van der Waals surface area contributed by atoms with Gasteiger partial charge in [-0.2, -0.15) is 4.98 Å². The first-order chi connectivity index (χ1) is 8.70. The highest BCUT2D eigenvalue weighted by molar-refractivity contribution is 5.89. The summed E-state index contributed by atoms with van der Waals surface area (Å²) in [6, 6.07) is 6.65. The van der Waals surface area contributed by atoms with Crippen LogP contribution in [0.25, 0.3) is 11.5 Å². The quantitative estimate of drug-likeness (QED) is 0.607. The summed E-state index contributed by atoms with van der Waals surface area (Å²) in [5, 5.41) is 3.69. The molecule has 0 amide bonds. The largest absolute Gasteiger partial charge is 0.449 e.